The molecule has 2 spiro atoms. The molecule has 0 aromatic heterocycles. The molecule has 8 nitrogen and oxygen atoms in total. The van der Waals surface area contributed by atoms with Crippen LogP contribution in [0.4, 0.5) is 0 Å². The number of methoxy groups -OCH3 is 2. The Labute approximate surface area is 176 Å². The van der Waals surface area contributed by atoms with Crippen LogP contribution in [0, 0.1) is 29.1 Å². The third kappa shape index (κ3) is 1.52. The molecule has 7 aliphatic rings. The molecule has 2 heterocycles. The van der Waals surface area contributed by atoms with Gasteiger partial charge in [-0.15, -0.1) is 0 Å². The van der Waals surface area contributed by atoms with Crippen LogP contribution in [0.5, 0.6) is 0 Å². The maximum atomic E-state index is 12.6. The molecule has 0 amide bonds. The molecule has 5 unspecified atom stereocenters. The lowest BCUT2D eigenvalue weighted by Gasteiger charge is -2.67. The van der Waals surface area contributed by atoms with Crippen molar-refractivity contribution < 1.29 is 34.6 Å². The smallest absolute Gasteiger partial charge is 0.136 e. The Morgan fingerprint density at radius 2 is 1.90 bits per heavy atom. The molecule has 168 valence electrons. The van der Waals surface area contributed by atoms with Crippen molar-refractivity contribution in [2.45, 2.75) is 79.6 Å². The lowest BCUT2D eigenvalue weighted by molar-refractivity contribution is -0.311. The zero-order valence-corrected chi connectivity index (χ0v) is 17.8. The van der Waals surface area contributed by atoms with E-state index in [1.54, 1.807) is 14.2 Å². The van der Waals surface area contributed by atoms with E-state index in [0.717, 1.165) is 0 Å². The van der Waals surface area contributed by atoms with Crippen LogP contribution in [0.25, 0.3) is 0 Å². The fraction of sp³-hybridized carbons (Fsp3) is 1.00. The molecule has 4 N–H and O–H groups in total. The van der Waals surface area contributed by atoms with Crippen molar-refractivity contribution in [1.82, 2.24) is 4.90 Å². The zero-order chi connectivity index (χ0) is 21.0. The van der Waals surface area contributed by atoms with E-state index in [2.05, 4.69) is 11.8 Å². The number of piperidine rings is 1. The van der Waals surface area contributed by atoms with Crippen molar-refractivity contribution >= 4 is 0 Å². The highest BCUT2D eigenvalue weighted by Crippen LogP contribution is 2.81. The maximum absolute atomic E-state index is 12.6. The first-order valence-electron chi connectivity index (χ1n) is 11.6. The minimum Gasteiger partial charge on any atom is -0.392 e. The molecular formula is C22H33NO7. The van der Waals surface area contributed by atoms with Gasteiger partial charge in [-0.25, -0.2) is 0 Å². The fourth-order valence-corrected chi connectivity index (χ4v) is 10.3. The van der Waals surface area contributed by atoms with E-state index in [9.17, 15) is 20.4 Å². The number of aliphatic hydroxyl groups is 4. The van der Waals surface area contributed by atoms with Gasteiger partial charge in [-0.1, -0.05) is 6.92 Å². The predicted molar refractivity (Wildman–Crippen MR) is 102 cm³/mol. The number of epoxide rings is 1. The third-order valence-corrected chi connectivity index (χ3v) is 11.0. The van der Waals surface area contributed by atoms with Gasteiger partial charge in [-0.05, 0) is 18.9 Å². The van der Waals surface area contributed by atoms with Crippen molar-refractivity contribution in [2.24, 2.45) is 29.1 Å². The average Bonchev–Trinajstić information content (AvgIpc) is 3.25. The lowest BCUT2D eigenvalue weighted by atomic mass is 9.45. The SMILES string of the molecule is CCN1C[C@]23O[C@H]2C[C@H](O)[C@@]24C5C[C@H]6C(O)C5[C@](O)(C[C@@H]6OC)[C@](O)(C(OC)C23)[C@@H]14. The largest absolute Gasteiger partial charge is 0.392 e. The van der Waals surface area contributed by atoms with Crippen LogP contribution in [0.2, 0.25) is 0 Å². The maximum Gasteiger partial charge on any atom is 0.136 e. The van der Waals surface area contributed by atoms with Crippen molar-refractivity contribution in [3.8, 4) is 0 Å². The predicted octanol–water partition coefficient (Wildman–Crippen LogP) is -1.27. The van der Waals surface area contributed by atoms with Crippen LogP contribution in [-0.4, -0.2) is 106 Å². The molecule has 0 aromatic carbocycles. The van der Waals surface area contributed by atoms with Crippen molar-refractivity contribution in [3.05, 3.63) is 0 Å². The van der Waals surface area contributed by atoms with Gasteiger partial charge < -0.3 is 34.6 Å². The Balaban J connectivity index is 1.55. The van der Waals surface area contributed by atoms with Crippen LogP contribution in [0.3, 0.4) is 0 Å². The van der Waals surface area contributed by atoms with Gasteiger partial charge >= 0.3 is 0 Å². The Kier molecular flexibility index (Phi) is 3.36. The average molecular weight is 424 g/mol. The Bertz CT molecular complexity index is 812. The molecule has 7 rings (SSSR count). The van der Waals surface area contributed by atoms with E-state index in [0.29, 0.717) is 25.9 Å². The molecule has 14 atom stereocenters. The second kappa shape index (κ2) is 5.25. The number of fused-ring (bicyclic) bond motifs is 2. The molecule has 7 bridgehead atoms. The van der Waals surface area contributed by atoms with E-state index in [1.807, 2.05) is 0 Å². The van der Waals surface area contributed by atoms with Gasteiger partial charge in [-0.3, -0.25) is 4.90 Å². The van der Waals surface area contributed by atoms with Crippen molar-refractivity contribution in [1.29, 1.82) is 0 Å². The summed E-state index contributed by atoms with van der Waals surface area (Å²) in [6, 6.07) is -0.441. The third-order valence-electron chi connectivity index (χ3n) is 11.0. The molecule has 5 saturated carbocycles. The molecule has 30 heavy (non-hydrogen) atoms. The highest BCUT2D eigenvalue weighted by molar-refractivity contribution is 5.44. The van der Waals surface area contributed by atoms with Gasteiger partial charge in [0, 0.05) is 56.8 Å². The summed E-state index contributed by atoms with van der Waals surface area (Å²) in [6.07, 6.45) is -0.983. The summed E-state index contributed by atoms with van der Waals surface area (Å²) in [7, 11) is 3.21. The van der Waals surface area contributed by atoms with Gasteiger partial charge in [0.1, 0.15) is 16.8 Å². The molecular weight excluding hydrogens is 390 g/mol. The number of hydrogen-bond acceptors (Lipinski definition) is 8. The summed E-state index contributed by atoms with van der Waals surface area (Å²) in [5.41, 5.74) is -4.30. The van der Waals surface area contributed by atoms with Gasteiger partial charge in [0.05, 0.1) is 36.6 Å². The lowest BCUT2D eigenvalue weighted by Crippen LogP contribution is -2.81. The van der Waals surface area contributed by atoms with Crippen LogP contribution >= 0.6 is 0 Å². The monoisotopic (exact) mass is 423 g/mol. The zero-order valence-electron chi connectivity index (χ0n) is 17.8. The van der Waals surface area contributed by atoms with Crippen LogP contribution < -0.4 is 0 Å². The van der Waals surface area contributed by atoms with Gasteiger partial charge in [0.25, 0.3) is 0 Å². The second-order valence-corrected chi connectivity index (χ2v) is 11.2. The number of rotatable bonds is 3. The summed E-state index contributed by atoms with van der Waals surface area (Å²) in [5.74, 6) is -0.922. The summed E-state index contributed by atoms with van der Waals surface area (Å²) in [5, 5.41) is 48.0. The van der Waals surface area contributed by atoms with Crippen LogP contribution in [0.15, 0.2) is 0 Å². The quantitative estimate of drug-likeness (QED) is 0.416. The van der Waals surface area contributed by atoms with Gasteiger partial charge in [0.2, 0.25) is 0 Å². The summed E-state index contributed by atoms with van der Waals surface area (Å²) < 4.78 is 18.1. The van der Waals surface area contributed by atoms with E-state index in [-0.39, 0.29) is 36.4 Å². The number of aliphatic hydroxyl groups excluding tert-OH is 2. The van der Waals surface area contributed by atoms with Crippen molar-refractivity contribution in [3.63, 3.8) is 0 Å². The molecule has 8 heteroatoms. The normalized spacial score (nSPS) is 69.3. The molecule has 0 radical (unpaired) electrons. The van der Waals surface area contributed by atoms with Crippen LogP contribution in [-0.2, 0) is 14.2 Å². The molecule has 7 fully saturated rings. The second-order valence-electron chi connectivity index (χ2n) is 11.2. The van der Waals surface area contributed by atoms with Crippen molar-refractivity contribution in [2.75, 3.05) is 27.3 Å². The summed E-state index contributed by atoms with van der Waals surface area (Å²) in [4.78, 5) is 2.23. The Hall–Kier alpha value is -0.320. The number of nitrogens with zero attached hydrogens (tertiary/aromatic N) is 1. The molecule has 0 aromatic rings. The first-order valence-corrected chi connectivity index (χ1v) is 11.6. The van der Waals surface area contributed by atoms with E-state index < -0.39 is 52.5 Å². The standard InChI is InChI=1S/C22H33NO7/c1-4-23-8-19-13(30-19)6-12(24)21-10-5-9-11(28-2)7-20(26,14(10)15(9)25)22(27,18(21)23)17(29-3)16(19)21/h9-18,24-27H,4-8H2,1-3H3/t9-,10?,11+,12+,13+,14?,15?,16?,17?,18+,19+,20-,21+,22+/m1/s1. The summed E-state index contributed by atoms with van der Waals surface area (Å²) >= 11 is 0. The number of ether oxygens (including phenoxy) is 3. The van der Waals surface area contributed by atoms with E-state index >= 15 is 0 Å². The first kappa shape index (κ1) is 19.2. The molecule has 5 aliphatic carbocycles. The number of likely N-dealkylation sites (tertiary alicyclic amines) is 1. The molecule has 2 aliphatic heterocycles. The summed E-state index contributed by atoms with van der Waals surface area (Å²) in [6.45, 7) is 3.44. The van der Waals surface area contributed by atoms with Crippen LogP contribution in [0.1, 0.15) is 26.2 Å². The van der Waals surface area contributed by atoms with E-state index in [1.165, 1.54) is 0 Å². The Morgan fingerprint density at radius 3 is 2.57 bits per heavy atom. The number of likely N-dealkylation sites (N-methyl/N-ethyl adjacent to an activating group) is 1. The fourth-order valence-electron chi connectivity index (χ4n) is 10.3. The minimum atomic E-state index is -1.62. The first-order chi connectivity index (χ1) is 14.3. The van der Waals surface area contributed by atoms with Gasteiger partial charge in [0.15, 0.2) is 0 Å². The topological polar surface area (TPSA) is 115 Å². The highest BCUT2D eigenvalue weighted by atomic mass is 16.6. The number of hydrogen-bond donors (Lipinski definition) is 4. The van der Waals surface area contributed by atoms with E-state index in [4.69, 9.17) is 14.2 Å². The highest BCUT2D eigenvalue weighted by Gasteiger charge is 2.94. The van der Waals surface area contributed by atoms with Gasteiger partial charge in [-0.2, -0.15) is 0 Å². The Morgan fingerprint density at radius 1 is 1.13 bits per heavy atom. The molecule has 2 saturated heterocycles. The minimum absolute atomic E-state index is 0.0398.